The molecule has 0 unspecified atom stereocenters. The molecule has 1 N–H and O–H groups in total. The van der Waals surface area contributed by atoms with E-state index < -0.39 is 6.09 Å². The smallest absolute Gasteiger partial charge is 0.415 e. The first-order chi connectivity index (χ1) is 27.9. The third kappa shape index (κ3) is 7.92. The Kier molecular flexibility index (Phi) is 11.2. The molecule has 300 valence electrons. The number of morpholine rings is 1. The minimum absolute atomic E-state index is 0.0895. The highest BCUT2D eigenvalue weighted by Gasteiger charge is 2.35. The van der Waals surface area contributed by atoms with E-state index in [1.807, 2.05) is 41.6 Å². The molecular formula is C45H45Cl2N5O6. The molecule has 0 spiro atoms. The molecule has 3 amide bonds. The van der Waals surface area contributed by atoms with Crippen molar-refractivity contribution in [2.75, 3.05) is 51.3 Å². The summed E-state index contributed by atoms with van der Waals surface area (Å²) in [6.45, 7) is 6.63. The molecule has 4 aromatic carbocycles. The predicted octanol–water partition coefficient (Wildman–Crippen LogP) is 7.75. The molecule has 1 saturated heterocycles. The number of fused-ring (bicyclic) bond motifs is 2. The summed E-state index contributed by atoms with van der Waals surface area (Å²) in [4.78, 5) is 50.5. The van der Waals surface area contributed by atoms with Crippen LogP contribution in [0.4, 0.5) is 10.5 Å². The number of carbonyl (C=O) groups is 3. The van der Waals surface area contributed by atoms with Crippen LogP contribution in [0.1, 0.15) is 48.7 Å². The van der Waals surface area contributed by atoms with Crippen molar-refractivity contribution in [1.29, 1.82) is 0 Å². The maximum absolute atomic E-state index is 15.4. The van der Waals surface area contributed by atoms with E-state index in [4.69, 9.17) is 32.7 Å². The number of anilines is 1. The minimum Gasteiger partial charge on any atom is -0.508 e. The van der Waals surface area contributed by atoms with Gasteiger partial charge >= 0.3 is 6.09 Å². The van der Waals surface area contributed by atoms with Gasteiger partial charge in [0.05, 0.1) is 28.8 Å². The van der Waals surface area contributed by atoms with Crippen LogP contribution >= 0.6 is 23.2 Å². The molecule has 8 rings (SSSR count). The lowest BCUT2D eigenvalue weighted by Crippen LogP contribution is -2.52. The number of amides is 3. The summed E-state index contributed by atoms with van der Waals surface area (Å²) >= 11 is 12.3. The molecule has 3 aliphatic rings. The highest BCUT2D eigenvalue weighted by molar-refractivity contribution is 6.42. The van der Waals surface area contributed by atoms with Crippen LogP contribution in [0, 0.1) is 6.92 Å². The van der Waals surface area contributed by atoms with Gasteiger partial charge in [0.2, 0.25) is 0 Å². The Hall–Kier alpha value is -5.33. The van der Waals surface area contributed by atoms with Gasteiger partial charge in [0.15, 0.2) is 0 Å². The molecule has 1 aromatic heterocycles. The maximum atomic E-state index is 15.4. The number of hydrogen-bond donors (Lipinski definition) is 1. The summed E-state index contributed by atoms with van der Waals surface area (Å²) in [5.74, 6) is 0.0658. The van der Waals surface area contributed by atoms with Crippen LogP contribution < -0.4 is 9.64 Å². The molecular weight excluding hydrogens is 777 g/mol. The Balaban J connectivity index is 1.18. The lowest BCUT2D eigenvalue weighted by atomic mass is 9.89. The van der Waals surface area contributed by atoms with Gasteiger partial charge in [-0.1, -0.05) is 47.5 Å². The monoisotopic (exact) mass is 821 g/mol. The topological polar surface area (TPSA) is 108 Å². The lowest BCUT2D eigenvalue weighted by molar-refractivity contribution is 0.0193. The number of rotatable bonds is 7. The summed E-state index contributed by atoms with van der Waals surface area (Å²) < 4.78 is 13.3. The Morgan fingerprint density at radius 2 is 1.59 bits per heavy atom. The molecule has 5 aromatic rings. The van der Waals surface area contributed by atoms with Gasteiger partial charge in [-0.25, -0.2) is 4.79 Å². The van der Waals surface area contributed by atoms with E-state index >= 15 is 4.79 Å². The zero-order valence-corrected chi connectivity index (χ0v) is 34.2. The second kappa shape index (κ2) is 16.5. The van der Waals surface area contributed by atoms with Crippen LogP contribution in [0.25, 0.3) is 11.3 Å². The van der Waals surface area contributed by atoms with Crippen LogP contribution in [-0.4, -0.2) is 94.8 Å². The van der Waals surface area contributed by atoms with Crippen molar-refractivity contribution in [3.05, 3.63) is 134 Å². The molecule has 13 heteroatoms. The number of hydrogen-bond acceptors (Lipinski definition) is 7. The number of nitrogens with zero attached hydrogens (tertiary/aromatic N) is 5. The molecule has 4 heterocycles. The Morgan fingerprint density at radius 1 is 0.845 bits per heavy atom. The summed E-state index contributed by atoms with van der Waals surface area (Å²) in [5, 5.41) is 10.5. The molecule has 1 atom stereocenters. The van der Waals surface area contributed by atoms with Gasteiger partial charge in [0, 0.05) is 93.7 Å². The molecule has 58 heavy (non-hydrogen) atoms. The average molecular weight is 823 g/mol. The van der Waals surface area contributed by atoms with Gasteiger partial charge in [0.1, 0.15) is 11.5 Å². The van der Waals surface area contributed by atoms with Gasteiger partial charge < -0.3 is 33.8 Å². The Bertz CT molecular complexity index is 2390. The van der Waals surface area contributed by atoms with E-state index in [2.05, 4.69) is 29.2 Å². The largest absolute Gasteiger partial charge is 0.508 e. The predicted molar refractivity (Wildman–Crippen MR) is 224 cm³/mol. The Labute approximate surface area is 347 Å². The summed E-state index contributed by atoms with van der Waals surface area (Å²) in [6, 6.07) is 25.3. The van der Waals surface area contributed by atoms with E-state index in [1.165, 1.54) is 11.6 Å². The zero-order valence-electron chi connectivity index (χ0n) is 32.7. The van der Waals surface area contributed by atoms with Gasteiger partial charge in [-0.3, -0.25) is 14.5 Å². The first-order valence-corrected chi connectivity index (χ1v) is 20.2. The summed E-state index contributed by atoms with van der Waals surface area (Å²) in [5.41, 5.74) is 8.04. The van der Waals surface area contributed by atoms with Gasteiger partial charge in [-0.2, -0.15) is 0 Å². The molecule has 11 nitrogen and oxygen atoms in total. The molecule has 1 fully saturated rings. The number of ether oxygens (including phenoxy) is 2. The standard InChI is InChI=1S/C45H45Cl2N5O6/c1-28-37(43(54)49(3)33-8-10-35(53)11-9-33)24-42(48(28)2)38-21-30-14-15-51(45(56)58-36-12-13-40(46)41(47)23-36)25-32(30)22-39(38)44(55)52-26-31-7-5-4-6-29(31)20-34(52)27-50-16-18-57-19-17-50/h4-13,21-24,34,53H,14-20,25-27H2,1-3H3/t34-/m0/s1. The van der Waals surface area contributed by atoms with Crippen LogP contribution in [0.5, 0.6) is 11.5 Å². The van der Waals surface area contributed by atoms with Crippen molar-refractivity contribution in [2.45, 2.75) is 38.9 Å². The van der Waals surface area contributed by atoms with Crippen LogP contribution in [-0.2, 0) is 37.7 Å². The molecule has 0 saturated carbocycles. The van der Waals surface area contributed by atoms with E-state index in [9.17, 15) is 14.7 Å². The van der Waals surface area contributed by atoms with E-state index in [-0.39, 0.29) is 40.9 Å². The zero-order chi connectivity index (χ0) is 40.7. The van der Waals surface area contributed by atoms with Crippen LogP contribution in [0.15, 0.2) is 84.9 Å². The SMILES string of the molecule is Cc1c(C(=O)N(C)c2ccc(O)cc2)cc(-c2cc3c(cc2C(=O)N2Cc4ccccc4C[C@H]2CN2CCOCC2)CN(C(=O)Oc2ccc(Cl)c(Cl)c2)CC3)n1C. The fourth-order valence-electron chi connectivity index (χ4n) is 8.23. The Morgan fingerprint density at radius 3 is 2.33 bits per heavy atom. The number of phenols is 1. The normalized spacial score (nSPS) is 16.7. The van der Waals surface area contributed by atoms with E-state index in [0.29, 0.717) is 61.1 Å². The number of phenolic OH excluding ortho intramolecular Hbond substituents is 1. The molecule has 0 radical (unpaired) electrons. The maximum Gasteiger partial charge on any atom is 0.415 e. The molecule has 3 aliphatic heterocycles. The van der Waals surface area contributed by atoms with Gasteiger partial charge in [0.25, 0.3) is 11.8 Å². The number of carbonyl (C=O) groups excluding carboxylic acids is 3. The highest BCUT2D eigenvalue weighted by atomic mass is 35.5. The molecule has 0 bridgehead atoms. The summed E-state index contributed by atoms with van der Waals surface area (Å²) in [7, 11) is 3.62. The number of halogens is 2. The van der Waals surface area contributed by atoms with E-state index in [1.54, 1.807) is 53.2 Å². The highest BCUT2D eigenvalue weighted by Crippen LogP contribution is 2.36. The fraction of sp³-hybridized carbons (Fsp3) is 0.311. The average Bonchev–Trinajstić information content (AvgIpc) is 3.53. The second-order valence-corrected chi connectivity index (χ2v) is 16.0. The quantitative estimate of drug-likeness (QED) is 0.179. The fourth-order valence-corrected chi connectivity index (χ4v) is 8.52. The van der Waals surface area contributed by atoms with Crippen molar-refractivity contribution in [1.82, 2.24) is 19.3 Å². The van der Waals surface area contributed by atoms with Crippen molar-refractivity contribution >= 4 is 46.8 Å². The number of aromatic nitrogens is 1. The van der Waals surface area contributed by atoms with Crippen molar-refractivity contribution in [3.63, 3.8) is 0 Å². The van der Waals surface area contributed by atoms with Crippen molar-refractivity contribution < 1.29 is 29.0 Å². The van der Waals surface area contributed by atoms with Gasteiger partial charge in [-0.15, -0.1) is 0 Å². The first kappa shape index (κ1) is 39.5. The summed E-state index contributed by atoms with van der Waals surface area (Å²) in [6.07, 6.45) is 0.723. The number of aromatic hydroxyl groups is 1. The lowest BCUT2D eigenvalue weighted by Gasteiger charge is -2.41. The minimum atomic E-state index is -0.529. The second-order valence-electron chi connectivity index (χ2n) is 15.2. The van der Waals surface area contributed by atoms with Crippen LogP contribution in [0.3, 0.4) is 0 Å². The third-order valence-electron chi connectivity index (χ3n) is 11.7. The van der Waals surface area contributed by atoms with Crippen molar-refractivity contribution in [3.8, 4) is 22.8 Å². The third-order valence-corrected chi connectivity index (χ3v) is 12.4. The van der Waals surface area contributed by atoms with E-state index in [0.717, 1.165) is 53.2 Å². The van der Waals surface area contributed by atoms with Crippen LogP contribution in [0.2, 0.25) is 10.0 Å². The van der Waals surface area contributed by atoms with Crippen molar-refractivity contribution in [2.24, 2.45) is 7.05 Å². The number of benzene rings is 4. The molecule has 0 aliphatic carbocycles. The first-order valence-electron chi connectivity index (χ1n) is 19.4. The van der Waals surface area contributed by atoms with Gasteiger partial charge in [-0.05, 0) is 96.6 Å².